The minimum Gasteiger partial charge on any atom is -0.311 e. The molecule has 1 aliphatic heterocycles. The number of hydrogen-bond acceptors (Lipinski definition) is 2. The highest BCUT2D eigenvalue weighted by atomic mass is 15.2. The Morgan fingerprint density at radius 1 is 1.44 bits per heavy atom. The van der Waals surface area contributed by atoms with Crippen molar-refractivity contribution in [2.45, 2.75) is 71.5 Å². The van der Waals surface area contributed by atoms with Crippen LogP contribution in [0.4, 0.5) is 0 Å². The second-order valence-electron chi connectivity index (χ2n) is 6.24. The molecule has 1 saturated heterocycles. The van der Waals surface area contributed by atoms with Crippen molar-refractivity contribution < 1.29 is 0 Å². The molecule has 1 N–H and O–H groups in total. The fourth-order valence-corrected chi connectivity index (χ4v) is 3.03. The number of nitrogens with one attached hydrogen (secondary N) is 1. The molecule has 2 rings (SSSR count). The summed E-state index contributed by atoms with van der Waals surface area (Å²) in [4.78, 5) is 2.60. The van der Waals surface area contributed by atoms with Crippen molar-refractivity contribution >= 4 is 0 Å². The van der Waals surface area contributed by atoms with Crippen molar-refractivity contribution in [3.63, 3.8) is 0 Å². The van der Waals surface area contributed by atoms with Crippen LogP contribution in [-0.4, -0.2) is 36.1 Å². The first-order valence-electron chi connectivity index (χ1n) is 7.05. The van der Waals surface area contributed by atoms with Gasteiger partial charge in [0.1, 0.15) is 0 Å². The van der Waals surface area contributed by atoms with E-state index in [0.717, 1.165) is 12.1 Å². The molecular formula is C14H28N2. The van der Waals surface area contributed by atoms with Crippen LogP contribution in [0.5, 0.6) is 0 Å². The molecule has 2 fully saturated rings. The van der Waals surface area contributed by atoms with E-state index >= 15 is 0 Å². The zero-order chi connectivity index (χ0) is 11.8. The van der Waals surface area contributed by atoms with E-state index in [0.29, 0.717) is 11.5 Å². The normalized spacial score (nSPS) is 36.0. The van der Waals surface area contributed by atoms with E-state index < -0.39 is 0 Å². The monoisotopic (exact) mass is 224 g/mol. The second-order valence-corrected chi connectivity index (χ2v) is 6.24. The molecule has 0 spiro atoms. The lowest BCUT2D eigenvalue weighted by atomic mass is 9.94. The summed E-state index contributed by atoms with van der Waals surface area (Å²) in [5.41, 5.74) is 0.616. The first kappa shape index (κ1) is 12.4. The van der Waals surface area contributed by atoms with Crippen molar-refractivity contribution in [2.24, 2.45) is 5.41 Å². The predicted molar refractivity (Wildman–Crippen MR) is 69.7 cm³/mol. The van der Waals surface area contributed by atoms with E-state index in [1.807, 2.05) is 0 Å². The third-order valence-corrected chi connectivity index (χ3v) is 4.99. The molecule has 0 aromatic heterocycles. The van der Waals surface area contributed by atoms with E-state index in [4.69, 9.17) is 0 Å². The highest BCUT2D eigenvalue weighted by Gasteiger charge is 2.43. The van der Waals surface area contributed by atoms with Gasteiger partial charge in [-0.15, -0.1) is 0 Å². The van der Waals surface area contributed by atoms with Crippen LogP contribution >= 0.6 is 0 Å². The smallest absolute Gasteiger partial charge is 0.00967 e. The van der Waals surface area contributed by atoms with Gasteiger partial charge in [0.15, 0.2) is 0 Å². The van der Waals surface area contributed by atoms with Crippen molar-refractivity contribution in [3.8, 4) is 0 Å². The second kappa shape index (κ2) is 4.66. The molecule has 0 radical (unpaired) electrons. The summed E-state index contributed by atoms with van der Waals surface area (Å²) in [5.74, 6) is 0. The third-order valence-electron chi connectivity index (χ3n) is 4.99. The Bertz CT molecular complexity index is 235. The van der Waals surface area contributed by atoms with Gasteiger partial charge in [-0.25, -0.2) is 0 Å². The van der Waals surface area contributed by atoms with Gasteiger partial charge < -0.3 is 10.2 Å². The van der Waals surface area contributed by atoms with Gasteiger partial charge in [0.25, 0.3) is 0 Å². The maximum Gasteiger partial charge on any atom is 0.00967 e. The minimum atomic E-state index is 0.616. The molecule has 2 aliphatic rings. The molecule has 2 heteroatoms. The number of likely N-dealkylation sites (tertiary alicyclic amines) is 1. The molecule has 0 aromatic rings. The van der Waals surface area contributed by atoms with E-state index in [-0.39, 0.29) is 0 Å². The van der Waals surface area contributed by atoms with Crippen LogP contribution < -0.4 is 5.32 Å². The summed E-state index contributed by atoms with van der Waals surface area (Å²) >= 11 is 0. The van der Waals surface area contributed by atoms with Gasteiger partial charge in [-0.05, 0) is 58.0 Å². The number of rotatable bonds is 4. The number of hydrogen-bond donors (Lipinski definition) is 1. The Hall–Kier alpha value is -0.0800. The molecule has 0 amide bonds. The van der Waals surface area contributed by atoms with E-state index in [1.54, 1.807) is 0 Å². The lowest BCUT2D eigenvalue weighted by molar-refractivity contribution is 0.133. The van der Waals surface area contributed by atoms with Crippen LogP contribution in [0.2, 0.25) is 0 Å². The maximum atomic E-state index is 3.87. The largest absolute Gasteiger partial charge is 0.311 e. The van der Waals surface area contributed by atoms with Crippen molar-refractivity contribution in [2.75, 3.05) is 13.1 Å². The zero-order valence-electron chi connectivity index (χ0n) is 11.4. The molecule has 2 nitrogen and oxygen atoms in total. The molecule has 1 aliphatic carbocycles. The fourth-order valence-electron chi connectivity index (χ4n) is 3.03. The lowest BCUT2D eigenvalue weighted by Crippen LogP contribution is -2.50. The van der Waals surface area contributed by atoms with Crippen LogP contribution in [0.3, 0.4) is 0 Å². The van der Waals surface area contributed by atoms with E-state index in [2.05, 4.69) is 37.9 Å². The van der Waals surface area contributed by atoms with Gasteiger partial charge in [-0.1, -0.05) is 13.8 Å². The Morgan fingerprint density at radius 3 is 2.62 bits per heavy atom. The molecule has 16 heavy (non-hydrogen) atoms. The van der Waals surface area contributed by atoms with Crippen molar-refractivity contribution in [1.29, 1.82) is 0 Å². The fraction of sp³-hybridized carbons (Fsp3) is 1.00. The Labute approximate surface area is 101 Å². The van der Waals surface area contributed by atoms with Crippen molar-refractivity contribution in [1.82, 2.24) is 10.2 Å². The van der Waals surface area contributed by atoms with Crippen LogP contribution in [0.1, 0.15) is 53.4 Å². The molecular weight excluding hydrogens is 196 g/mol. The van der Waals surface area contributed by atoms with Crippen LogP contribution in [0.25, 0.3) is 0 Å². The standard InChI is InChI=1S/C14H28N2/c1-5-16-9-6-13(10-11(16)2)15-12(3)14(4)7-8-14/h11-13,15H,5-10H2,1-4H3. The summed E-state index contributed by atoms with van der Waals surface area (Å²) in [6.45, 7) is 11.9. The molecule has 94 valence electrons. The molecule has 1 heterocycles. The molecule has 3 unspecified atom stereocenters. The van der Waals surface area contributed by atoms with Gasteiger partial charge in [-0.2, -0.15) is 0 Å². The van der Waals surface area contributed by atoms with Gasteiger partial charge in [0, 0.05) is 18.1 Å². The van der Waals surface area contributed by atoms with E-state index in [9.17, 15) is 0 Å². The van der Waals surface area contributed by atoms with Gasteiger partial charge in [-0.3, -0.25) is 0 Å². The topological polar surface area (TPSA) is 15.3 Å². The molecule has 0 aromatic carbocycles. The summed E-state index contributed by atoms with van der Waals surface area (Å²) in [6, 6.07) is 2.22. The summed E-state index contributed by atoms with van der Waals surface area (Å²) in [6.07, 6.45) is 5.50. The highest BCUT2D eigenvalue weighted by molar-refractivity contribution is 4.98. The van der Waals surface area contributed by atoms with Crippen LogP contribution in [0.15, 0.2) is 0 Å². The highest BCUT2D eigenvalue weighted by Crippen LogP contribution is 2.48. The zero-order valence-corrected chi connectivity index (χ0v) is 11.4. The summed E-state index contributed by atoms with van der Waals surface area (Å²) < 4.78 is 0. The van der Waals surface area contributed by atoms with Gasteiger partial charge in [0.2, 0.25) is 0 Å². The first-order chi connectivity index (χ1) is 7.55. The lowest BCUT2D eigenvalue weighted by Gasteiger charge is -2.39. The van der Waals surface area contributed by atoms with Crippen LogP contribution in [0, 0.1) is 5.41 Å². The van der Waals surface area contributed by atoms with Gasteiger partial charge in [0.05, 0.1) is 0 Å². The van der Waals surface area contributed by atoms with E-state index in [1.165, 1.54) is 38.8 Å². The Kier molecular flexibility index (Phi) is 3.60. The average Bonchev–Trinajstić information content (AvgIpc) is 2.98. The molecule has 1 saturated carbocycles. The van der Waals surface area contributed by atoms with Gasteiger partial charge >= 0.3 is 0 Å². The quantitative estimate of drug-likeness (QED) is 0.790. The Morgan fingerprint density at radius 2 is 2.12 bits per heavy atom. The minimum absolute atomic E-state index is 0.616. The summed E-state index contributed by atoms with van der Waals surface area (Å²) in [5, 5.41) is 3.87. The first-order valence-corrected chi connectivity index (χ1v) is 7.05. The molecule has 3 atom stereocenters. The number of piperidine rings is 1. The van der Waals surface area contributed by atoms with Crippen molar-refractivity contribution in [3.05, 3.63) is 0 Å². The third kappa shape index (κ3) is 2.60. The summed E-state index contributed by atoms with van der Waals surface area (Å²) in [7, 11) is 0. The SMILES string of the molecule is CCN1CCC(NC(C)C2(C)CC2)CC1C. The Balaban J connectivity index is 1.79. The maximum absolute atomic E-state index is 3.87. The number of nitrogens with zero attached hydrogens (tertiary/aromatic N) is 1. The predicted octanol–water partition coefficient (Wildman–Crippen LogP) is 2.64. The average molecular weight is 224 g/mol. The molecule has 0 bridgehead atoms. The van der Waals surface area contributed by atoms with Crippen LogP contribution in [-0.2, 0) is 0 Å².